The first-order valence-corrected chi connectivity index (χ1v) is 11.2. The molecule has 4 aromatic rings. The molecule has 0 saturated heterocycles. The summed E-state index contributed by atoms with van der Waals surface area (Å²) in [6.07, 6.45) is -2.91. The first-order chi connectivity index (χ1) is 15.6. The molecule has 33 heavy (non-hydrogen) atoms. The summed E-state index contributed by atoms with van der Waals surface area (Å²) >= 11 is 0. The number of benzene rings is 2. The smallest absolute Gasteiger partial charge is 0.383 e. The van der Waals surface area contributed by atoms with Crippen LogP contribution in [0.4, 0.5) is 13.2 Å². The second kappa shape index (κ2) is 8.28. The van der Waals surface area contributed by atoms with Gasteiger partial charge in [0.2, 0.25) is 10.0 Å². The summed E-state index contributed by atoms with van der Waals surface area (Å²) in [4.78, 5) is 13.3. The highest BCUT2D eigenvalue weighted by molar-refractivity contribution is 7.89. The van der Waals surface area contributed by atoms with Crippen molar-refractivity contribution < 1.29 is 26.3 Å². The van der Waals surface area contributed by atoms with E-state index in [9.17, 15) is 26.4 Å². The number of sulfonamides is 1. The average Bonchev–Trinajstić information content (AvgIpc) is 3.22. The van der Waals surface area contributed by atoms with E-state index >= 15 is 0 Å². The molecule has 0 aliphatic carbocycles. The molecule has 2 aromatic heterocycles. The van der Waals surface area contributed by atoms with Gasteiger partial charge in [0.25, 0.3) is 5.56 Å². The van der Waals surface area contributed by atoms with Gasteiger partial charge < -0.3 is 4.74 Å². The third-order valence-corrected chi connectivity index (χ3v) is 6.63. The monoisotopic (exact) mass is 480 g/mol. The molecule has 0 bridgehead atoms. The van der Waals surface area contributed by atoms with E-state index < -0.39 is 27.3 Å². The van der Waals surface area contributed by atoms with Crippen LogP contribution in [0.15, 0.2) is 58.4 Å². The van der Waals surface area contributed by atoms with Crippen LogP contribution in [0.2, 0.25) is 0 Å². The quantitative estimate of drug-likeness (QED) is 0.458. The molecule has 0 aliphatic heterocycles. The zero-order chi connectivity index (χ0) is 24.0. The minimum Gasteiger partial charge on any atom is -0.383 e. The maximum Gasteiger partial charge on any atom is 0.416 e. The Morgan fingerprint density at radius 3 is 2.39 bits per heavy atom. The maximum absolute atomic E-state index is 13.4. The molecule has 0 spiro atoms. The van der Waals surface area contributed by atoms with E-state index in [1.807, 2.05) is 0 Å². The van der Waals surface area contributed by atoms with Crippen molar-refractivity contribution in [1.29, 1.82) is 0 Å². The van der Waals surface area contributed by atoms with Crippen LogP contribution < -0.4 is 10.3 Å². The number of hydrogen-bond donors (Lipinski definition) is 1. The van der Waals surface area contributed by atoms with E-state index in [0.717, 1.165) is 12.1 Å². The Kier molecular flexibility index (Phi) is 5.76. The van der Waals surface area contributed by atoms with Gasteiger partial charge in [0.05, 0.1) is 29.1 Å². The zero-order valence-corrected chi connectivity index (χ0v) is 18.4. The molecule has 174 valence electrons. The van der Waals surface area contributed by atoms with Crippen molar-refractivity contribution in [2.24, 2.45) is 0 Å². The lowest BCUT2D eigenvalue weighted by Gasteiger charge is -2.13. The fourth-order valence-corrected chi connectivity index (χ4v) is 4.31. The third-order valence-electron chi connectivity index (χ3n) is 5.22. The molecule has 12 heteroatoms. The normalized spacial score (nSPS) is 12.6. The van der Waals surface area contributed by atoms with Crippen molar-refractivity contribution in [2.45, 2.75) is 17.6 Å². The molecule has 4 rings (SSSR count). The van der Waals surface area contributed by atoms with Crippen LogP contribution >= 0.6 is 0 Å². The predicted octanol–water partition coefficient (Wildman–Crippen LogP) is 2.91. The maximum atomic E-state index is 13.4. The van der Waals surface area contributed by atoms with Crippen molar-refractivity contribution in [1.82, 2.24) is 19.1 Å². The fourth-order valence-electron chi connectivity index (χ4n) is 3.56. The van der Waals surface area contributed by atoms with Crippen LogP contribution in [0.25, 0.3) is 27.5 Å². The molecule has 2 aromatic carbocycles. The summed E-state index contributed by atoms with van der Waals surface area (Å²) in [5.74, 6) is 0. The number of fused-ring (bicyclic) bond motifs is 3. The van der Waals surface area contributed by atoms with Crippen molar-refractivity contribution >= 4 is 31.8 Å². The van der Waals surface area contributed by atoms with Gasteiger partial charge in [-0.3, -0.25) is 14.0 Å². The molecule has 2 heterocycles. The van der Waals surface area contributed by atoms with E-state index in [-0.39, 0.29) is 16.1 Å². The van der Waals surface area contributed by atoms with E-state index in [1.54, 1.807) is 6.20 Å². The highest BCUT2D eigenvalue weighted by Gasteiger charge is 2.30. The van der Waals surface area contributed by atoms with E-state index in [0.29, 0.717) is 29.4 Å². The molecular formula is C21H19F3N4O4S. The lowest BCUT2D eigenvalue weighted by molar-refractivity contribution is -0.137. The minimum atomic E-state index is -4.52. The Morgan fingerprint density at radius 2 is 1.79 bits per heavy atom. The van der Waals surface area contributed by atoms with Gasteiger partial charge in [-0.2, -0.15) is 18.3 Å². The number of nitrogens with zero attached hydrogens (tertiary/aromatic N) is 3. The number of halogens is 3. The van der Waals surface area contributed by atoms with Crippen LogP contribution in [0.5, 0.6) is 0 Å². The van der Waals surface area contributed by atoms with E-state index in [4.69, 9.17) is 4.74 Å². The predicted molar refractivity (Wildman–Crippen MR) is 116 cm³/mol. The molecular weight excluding hydrogens is 461 g/mol. The SMILES string of the molecule is CNS(=O)(=O)c1ccc2c(c1)c1cn(CCOC)nc1c(=O)n2-c1ccc(C(F)(F)F)cc1. The van der Waals surface area contributed by atoms with Gasteiger partial charge in [-0.25, -0.2) is 13.1 Å². The van der Waals surface area contributed by atoms with E-state index in [1.165, 1.54) is 53.7 Å². The Balaban J connectivity index is 2.05. The van der Waals surface area contributed by atoms with Crippen molar-refractivity contribution in [3.8, 4) is 5.69 Å². The lowest BCUT2D eigenvalue weighted by atomic mass is 10.1. The third kappa shape index (κ3) is 4.12. The van der Waals surface area contributed by atoms with Crippen molar-refractivity contribution in [3.05, 3.63) is 64.6 Å². The number of methoxy groups -OCH3 is 1. The number of rotatable bonds is 6. The standard InChI is InChI=1S/C21H19F3N4O4S/c1-25-33(30,31)15-7-8-18-16(11-15)17-12-27(9-10-32-2)26-19(17)20(29)28(18)14-5-3-13(4-6-14)21(22,23)24/h3-8,11-12,25H,9-10H2,1-2H3. The molecule has 1 N–H and O–H groups in total. The second-order valence-corrected chi connectivity index (χ2v) is 9.11. The summed E-state index contributed by atoms with van der Waals surface area (Å²) < 4.78 is 73.7. The molecule has 0 unspecified atom stereocenters. The largest absolute Gasteiger partial charge is 0.416 e. The molecule has 0 atom stereocenters. The molecule has 0 aliphatic rings. The van der Waals surface area contributed by atoms with Gasteiger partial charge in [0.15, 0.2) is 5.52 Å². The number of ether oxygens (including phenoxy) is 1. The van der Waals surface area contributed by atoms with Crippen molar-refractivity contribution in [3.63, 3.8) is 0 Å². The van der Waals surface area contributed by atoms with Crippen LogP contribution in [-0.2, 0) is 27.5 Å². The molecule has 0 radical (unpaired) electrons. The number of hydrogen-bond acceptors (Lipinski definition) is 5. The van der Waals surface area contributed by atoms with Crippen LogP contribution in [0.1, 0.15) is 5.56 Å². The Labute approximate surface area is 186 Å². The van der Waals surface area contributed by atoms with Gasteiger partial charge in [0.1, 0.15) is 0 Å². The highest BCUT2D eigenvalue weighted by Crippen LogP contribution is 2.31. The molecule has 8 nitrogen and oxygen atoms in total. The number of alkyl halides is 3. The lowest BCUT2D eigenvalue weighted by Crippen LogP contribution is -2.21. The molecule has 0 fully saturated rings. The zero-order valence-electron chi connectivity index (χ0n) is 17.5. The Morgan fingerprint density at radius 1 is 1.09 bits per heavy atom. The average molecular weight is 480 g/mol. The first-order valence-electron chi connectivity index (χ1n) is 9.73. The summed E-state index contributed by atoms with van der Waals surface area (Å²) in [7, 11) is -0.987. The number of pyridine rings is 1. The summed E-state index contributed by atoms with van der Waals surface area (Å²) in [5, 5.41) is 5.14. The summed E-state index contributed by atoms with van der Waals surface area (Å²) in [6, 6.07) is 8.33. The fraction of sp³-hybridized carbons (Fsp3) is 0.238. The van der Waals surface area contributed by atoms with Crippen molar-refractivity contribution in [2.75, 3.05) is 20.8 Å². The summed E-state index contributed by atoms with van der Waals surface area (Å²) in [5.41, 5.74) is -0.824. The van der Waals surface area contributed by atoms with Gasteiger partial charge >= 0.3 is 6.18 Å². The highest BCUT2D eigenvalue weighted by atomic mass is 32.2. The first kappa shape index (κ1) is 23.0. The van der Waals surface area contributed by atoms with Gasteiger partial charge in [-0.15, -0.1) is 0 Å². The van der Waals surface area contributed by atoms with Crippen LogP contribution in [0.3, 0.4) is 0 Å². The van der Waals surface area contributed by atoms with E-state index in [2.05, 4.69) is 9.82 Å². The Bertz CT molecular complexity index is 1510. The Hall–Kier alpha value is -3.22. The minimum absolute atomic E-state index is 0.0268. The van der Waals surface area contributed by atoms with Gasteiger partial charge in [-0.1, -0.05) is 0 Å². The second-order valence-electron chi connectivity index (χ2n) is 7.22. The van der Waals surface area contributed by atoms with Gasteiger partial charge in [0, 0.05) is 29.8 Å². The molecule has 0 saturated carbocycles. The number of aromatic nitrogens is 3. The molecule has 0 amide bonds. The van der Waals surface area contributed by atoms with Gasteiger partial charge in [-0.05, 0) is 49.5 Å². The summed E-state index contributed by atoms with van der Waals surface area (Å²) in [6.45, 7) is 0.680. The number of nitrogens with one attached hydrogen (secondary N) is 1. The van der Waals surface area contributed by atoms with Crippen LogP contribution in [-0.4, -0.2) is 43.5 Å². The topological polar surface area (TPSA) is 95.2 Å². The van der Waals surface area contributed by atoms with Crippen LogP contribution in [0, 0.1) is 0 Å².